The second kappa shape index (κ2) is 4.24. The number of benzene rings is 1. The zero-order chi connectivity index (χ0) is 11.8. The molecule has 0 unspecified atom stereocenters. The molecule has 0 bridgehead atoms. The minimum atomic E-state index is -3.33. The minimum Gasteiger partial charge on any atom is -0.329 e. The predicted octanol–water partition coefficient (Wildman–Crippen LogP) is 1.21. The fourth-order valence-corrected chi connectivity index (χ4v) is 3.96. The Hall–Kier alpha value is -0.780. The molecule has 0 radical (unpaired) electrons. The summed E-state index contributed by atoms with van der Waals surface area (Å²) in [6, 6.07) is 6.93. The Morgan fingerprint density at radius 2 is 2.12 bits per heavy atom. The van der Waals surface area contributed by atoms with Crippen molar-refractivity contribution < 1.29 is 8.42 Å². The van der Waals surface area contributed by atoms with Crippen molar-refractivity contribution in [2.75, 3.05) is 17.4 Å². The average Bonchev–Trinajstić information content (AvgIpc) is 2.54. The van der Waals surface area contributed by atoms with E-state index in [0.717, 1.165) is 0 Å². The molecule has 6 heteroatoms. The van der Waals surface area contributed by atoms with Crippen LogP contribution in [0.3, 0.4) is 0 Å². The summed E-state index contributed by atoms with van der Waals surface area (Å²) in [5.41, 5.74) is 5.99. The highest BCUT2D eigenvalue weighted by molar-refractivity contribution is 7.93. The molecule has 1 saturated heterocycles. The van der Waals surface area contributed by atoms with E-state index in [2.05, 4.69) is 0 Å². The fraction of sp³-hybridized carbons (Fsp3) is 0.400. The van der Waals surface area contributed by atoms with Gasteiger partial charge < -0.3 is 5.73 Å². The van der Waals surface area contributed by atoms with E-state index in [9.17, 15) is 8.42 Å². The molecule has 0 saturated carbocycles. The molecule has 0 aromatic heterocycles. The van der Waals surface area contributed by atoms with E-state index in [0.29, 0.717) is 23.7 Å². The number of nitrogens with two attached hydrogens (primary N) is 1. The van der Waals surface area contributed by atoms with E-state index in [4.69, 9.17) is 17.3 Å². The first-order chi connectivity index (χ1) is 7.57. The smallest absolute Gasteiger partial charge is 0.239 e. The van der Waals surface area contributed by atoms with Crippen LogP contribution in [0.25, 0.3) is 0 Å². The van der Waals surface area contributed by atoms with Crippen LogP contribution in [0.4, 0.5) is 5.69 Å². The summed E-state index contributed by atoms with van der Waals surface area (Å²) in [5.74, 6) is 0. The molecule has 1 aromatic carbocycles. The molecule has 1 aromatic rings. The maximum atomic E-state index is 12.1. The van der Waals surface area contributed by atoms with Crippen molar-refractivity contribution in [3.8, 4) is 0 Å². The SMILES string of the molecule is NC[C@H]1CCN(c2ccccc2Cl)S1(=O)=O. The summed E-state index contributed by atoms with van der Waals surface area (Å²) < 4.78 is 25.5. The van der Waals surface area contributed by atoms with Crippen molar-refractivity contribution in [3.63, 3.8) is 0 Å². The van der Waals surface area contributed by atoms with E-state index in [1.807, 2.05) is 0 Å². The average molecular weight is 261 g/mol. The lowest BCUT2D eigenvalue weighted by Crippen LogP contribution is -2.33. The number of para-hydroxylation sites is 1. The van der Waals surface area contributed by atoms with Gasteiger partial charge in [-0.3, -0.25) is 4.31 Å². The van der Waals surface area contributed by atoms with Gasteiger partial charge in [0.1, 0.15) is 0 Å². The molecule has 0 spiro atoms. The highest BCUT2D eigenvalue weighted by Gasteiger charge is 2.38. The standard InChI is InChI=1S/C10H13ClN2O2S/c11-9-3-1-2-4-10(9)13-6-5-8(7-12)16(13,14)15/h1-4,8H,5-7,12H2/t8-/m1/s1. The number of nitrogens with zero attached hydrogens (tertiary/aromatic N) is 1. The molecule has 2 rings (SSSR count). The quantitative estimate of drug-likeness (QED) is 0.869. The molecule has 4 nitrogen and oxygen atoms in total. The van der Waals surface area contributed by atoms with Crippen LogP contribution in [-0.2, 0) is 10.0 Å². The molecule has 0 aliphatic carbocycles. The van der Waals surface area contributed by atoms with Gasteiger partial charge in [0, 0.05) is 13.1 Å². The Morgan fingerprint density at radius 1 is 1.44 bits per heavy atom. The highest BCUT2D eigenvalue weighted by Crippen LogP contribution is 2.33. The van der Waals surface area contributed by atoms with Crippen LogP contribution in [0, 0.1) is 0 Å². The molecule has 1 aliphatic rings. The second-order valence-electron chi connectivity index (χ2n) is 3.71. The number of sulfonamides is 1. The zero-order valence-corrected chi connectivity index (χ0v) is 10.2. The predicted molar refractivity (Wildman–Crippen MR) is 65.2 cm³/mol. The van der Waals surface area contributed by atoms with Crippen molar-refractivity contribution >= 4 is 27.3 Å². The van der Waals surface area contributed by atoms with Gasteiger partial charge in [0.2, 0.25) is 10.0 Å². The van der Waals surface area contributed by atoms with Crippen LogP contribution in [-0.4, -0.2) is 26.8 Å². The largest absolute Gasteiger partial charge is 0.329 e. The number of anilines is 1. The van der Waals surface area contributed by atoms with Crippen molar-refractivity contribution in [2.24, 2.45) is 5.73 Å². The van der Waals surface area contributed by atoms with Crippen molar-refractivity contribution in [2.45, 2.75) is 11.7 Å². The molecule has 0 amide bonds. The van der Waals surface area contributed by atoms with E-state index < -0.39 is 15.3 Å². The third-order valence-corrected chi connectivity index (χ3v) is 5.35. The van der Waals surface area contributed by atoms with Gasteiger partial charge in [0.25, 0.3) is 0 Å². The summed E-state index contributed by atoms with van der Waals surface area (Å²) in [6.45, 7) is 0.608. The Bertz CT molecular complexity index is 489. The van der Waals surface area contributed by atoms with Crippen LogP contribution in [0.2, 0.25) is 5.02 Å². The number of hydrogen-bond donors (Lipinski definition) is 1. The molecule has 2 N–H and O–H groups in total. The highest BCUT2D eigenvalue weighted by atomic mass is 35.5. The summed E-state index contributed by atoms with van der Waals surface area (Å²) in [5, 5.41) is -0.0347. The fourth-order valence-electron chi connectivity index (χ4n) is 1.87. The number of hydrogen-bond acceptors (Lipinski definition) is 3. The van der Waals surface area contributed by atoms with E-state index in [1.54, 1.807) is 24.3 Å². The van der Waals surface area contributed by atoms with Gasteiger partial charge in [0.05, 0.1) is 16.0 Å². The van der Waals surface area contributed by atoms with E-state index in [1.165, 1.54) is 4.31 Å². The van der Waals surface area contributed by atoms with Gasteiger partial charge in [-0.15, -0.1) is 0 Å². The summed E-state index contributed by atoms with van der Waals surface area (Å²) in [6.07, 6.45) is 0.560. The Morgan fingerprint density at radius 3 is 2.69 bits per heavy atom. The first-order valence-corrected chi connectivity index (χ1v) is 6.91. The van der Waals surface area contributed by atoms with E-state index >= 15 is 0 Å². The number of halogens is 1. The van der Waals surface area contributed by atoms with Crippen LogP contribution in [0.5, 0.6) is 0 Å². The minimum absolute atomic E-state index is 0.156. The van der Waals surface area contributed by atoms with Gasteiger partial charge in [-0.2, -0.15) is 0 Å². The molecule has 88 valence electrons. The lowest BCUT2D eigenvalue weighted by Gasteiger charge is -2.19. The molecule has 1 aliphatic heterocycles. The Kier molecular flexibility index (Phi) is 3.10. The van der Waals surface area contributed by atoms with Gasteiger partial charge in [-0.05, 0) is 18.6 Å². The van der Waals surface area contributed by atoms with Crippen LogP contribution in [0.15, 0.2) is 24.3 Å². The monoisotopic (exact) mass is 260 g/mol. The number of rotatable bonds is 2. The van der Waals surface area contributed by atoms with Crippen molar-refractivity contribution in [3.05, 3.63) is 29.3 Å². The molecule has 1 fully saturated rings. The van der Waals surface area contributed by atoms with Gasteiger partial charge >= 0.3 is 0 Å². The lowest BCUT2D eigenvalue weighted by molar-refractivity contribution is 0.588. The molecule has 1 atom stereocenters. The maximum Gasteiger partial charge on any atom is 0.239 e. The van der Waals surface area contributed by atoms with Crippen LogP contribution < -0.4 is 10.0 Å². The Labute approximate surface area is 100 Å². The van der Waals surface area contributed by atoms with Gasteiger partial charge in [0.15, 0.2) is 0 Å². The van der Waals surface area contributed by atoms with Crippen LogP contribution >= 0.6 is 11.6 Å². The van der Waals surface area contributed by atoms with Crippen LogP contribution in [0.1, 0.15) is 6.42 Å². The molecule has 16 heavy (non-hydrogen) atoms. The summed E-state index contributed by atoms with van der Waals surface area (Å²) >= 11 is 5.99. The van der Waals surface area contributed by atoms with E-state index in [-0.39, 0.29) is 6.54 Å². The van der Waals surface area contributed by atoms with Gasteiger partial charge in [-0.25, -0.2) is 8.42 Å². The topological polar surface area (TPSA) is 63.4 Å². The summed E-state index contributed by atoms with van der Waals surface area (Å²) in [4.78, 5) is 0. The van der Waals surface area contributed by atoms with Crippen molar-refractivity contribution in [1.29, 1.82) is 0 Å². The van der Waals surface area contributed by atoms with Crippen molar-refractivity contribution in [1.82, 2.24) is 0 Å². The lowest BCUT2D eigenvalue weighted by atomic mass is 10.3. The molecular weight excluding hydrogens is 248 g/mol. The third-order valence-electron chi connectivity index (χ3n) is 2.77. The second-order valence-corrected chi connectivity index (χ2v) is 6.26. The molecule has 1 heterocycles. The summed E-state index contributed by atoms with van der Waals surface area (Å²) in [7, 11) is -3.33. The zero-order valence-electron chi connectivity index (χ0n) is 8.64. The third kappa shape index (κ3) is 1.79. The van der Waals surface area contributed by atoms with Gasteiger partial charge in [-0.1, -0.05) is 23.7 Å². The first kappa shape index (κ1) is 11.7. The Balaban J connectivity index is 2.42. The first-order valence-electron chi connectivity index (χ1n) is 5.03. The molecular formula is C10H13ClN2O2S. The maximum absolute atomic E-state index is 12.1. The normalized spacial score (nSPS) is 23.6.